The van der Waals surface area contributed by atoms with Crippen molar-refractivity contribution in [3.05, 3.63) is 77.7 Å². The van der Waals surface area contributed by atoms with Crippen LogP contribution in [0.4, 0.5) is 0 Å². The SMILES string of the molecule is [CH2]c1ccc(CNC(C)c2ccc(CN3CCCN(C)CC3)cc2)cc1. The van der Waals surface area contributed by atoms with Crippen molar-refractivity contribution in [3.63, 3.8) is 0 Å². The van der Waals surface area contributed by atoms with Gasteiger partial charge < -0.3 is 10.2 Å². The molecule has 1 fully saturated rings. The molecular formula is C23H32N3. The minimum atomic E-state index is 0.343. The van der Waals surface area contributed by atoms with Crippen molar-refractivity contribution in [1.29, 1.82) is 0 Å². The van der Waals surface area contributed by atoms with E-state index in [-0.39, 0.29) is 0 Å². The Morgan fingerprint density at radius 1 is 0.923 bits per heavy atom. The highest BCUT2D eigenvalue weighted by Gasteiger charge is 2.12. The average molecular weight is 351 g/mol. The molecule has 2 aromatic rings. The van der Waals surface area contributed by atoms with Crippen LogP contribution in [0.1, 0.15) is 41.6 Å². The third-order valence-electron chi connectivity index (χ3n) is 5.33. The predicted molar refractivity (Wildman–Crippen MR) is 110 cm³/mol. The summed E-state index contributed by atoms with van der Waals surface area (Å²) < 4.78 is 0. The van der Waals surface area contributed by atoms with Crippen LogP contribution in [0.2, 0.25) is 0 Å². The standard InChI is InChI=1S/C23H32N3/c1-19-5-7-21(8-6-19)17-24-20(2)23-11-9-22(10-12-23)18-26-14-4-13-25(3)15-16-26/h5-12,20,24H,1,4,13-18H2,2-3H3. The van der Waals surface area contributed by atoms with E-state index in [0.717, 1.165) is 18.7 Å². The summed E-state index contributed by atoms with van der Waals surface area (Å²) in [6.07, 6.45) is 1.27. The lowest BCUT2D eigenvalue weighted by molar-refractivity contribution is 0.269. The van der Waals surface area contributed by atoms with Crippen molar-refractivity contribution in [3.8, 4) is 0 Å². The molecule has 2 aromatic carbocycles. The second kappa shape index (κ2) is 9.31. The van der Waals surface area contributed by atoms with E-state index in [1.807, 2.05) is 0 Å². The summed E-state index contributed by atoms with van der Waals surface area (Å²) in [7, 11) is 2.22. The van der Waals surface area contributed by atoms with Gasteiger partial charge in [-0.15, -0.1) is 0 Å². The number of nitrogens with one attached hydrogen (secondary N) is 1. The third kappa shape index (κ3) is 5.66. The third-order valence-corrected chi connectivity index (χ3v) is 5.33. The zero-order chi connectivity index (χ0) is 18.4. The summed E-state index contributed by atoms with van der Waals surface area (Å²) in [5, 5.41) is 3.61. The molecule has 0 aromatic heterocycles. The molecule has 3 rings (SSSR count). The molecule has 1 radical (unpaired) electrons. The van der Waals surface area contributed by atoms with Crippen LogP contribution in [0, 0.1) is 6.92 Å². The Balaban J connectivity index is 1.50. The molecule has 1 aliphatic heterocycles. The van der Waals surface area contributed by atoms with Crippen LogP contribution in [0.15, 0.2) is 48.5 Å². The normalized spacial score (nSPS) is 17.8. The van der Waals surface area contributed by atoms with Crippen LogP contribution in [-0.2, 0) is 13.1 Å². The molecule has 26 heavy (non-hydrogen) atoms. The Labute approximate surface area is 159 Å². The van der Waals surface area contributed by atoms with Gasteiger partial charge in [0.2, 0.25) is 0 Å². The fraction of sp³-hybridized carbons (Fsp3) is 0.435. The number of hydrogen-bond acceptors (Lipinski definition) is 3. The van der Waals surface area contributed by atoms with Crippen LogP contribution >= 0.6 is 0 Å². The second-order valence-corrected chi connectivity index (χ2v) is 7.59. The van der Waals surface area contributed by atoms with Crippen LogP contribution in [0.25, 0.3) is 0 Å². The molecule has 1 atom stereocenters. The number of likely N-dealkylation sites (N-methyl/N-ethyl adjacent to an activating group) is 1. The zero-order valence-corrected chi connectivity index (χ0v) is 16.2. The average Bonchev–Trinajstić information content (AvgIpc) is 2.86. The first-order valence-corrected chi connectivity index (χ1v) is 9.74. The molecule has 0 saturated carbocycles. The summed E-state index contributed by atoms with van der Waals surface area (Å²) in [6, 6.07) is 17.9. The molecule has 1 N–H and O–H groups in total. The summed E-state index contributed by atoms with van der Waals surface area (Å²) in [5.74, 6) is 0. The topological polar surface area (TPSA) is 18.5 Å². The molecule has 1 saturated heterocycles. The zero-order valence-electron chi connectivity index (χ0n) is 16.2. The van der Waals surface area contributed by atoms with E-state index in [1.165, 1.54) is 49.3 Å². The maximum atomic E-state index is 3.94. The smallest absolute Gasteiger partial charge is 0.0294 e. The minimum Gasteiger partial charge on any atom is -0.306 e. The maximum absolute atomic E-state index is 3.94. The predicted octanol–water partition coefficient (Wildman–Crippen LogP) is 3.86. The van der Waals surface area contributed by atoms with E-state index >= 15 is 0 Å². The molecule has 0 amide bonds. The summed E-state index contributed by atoms with van der Waals surface area (Å²) in [5.41, 5.74) is 5.12. The monoisotopic (exact) mass is 350 g/mol. The maximum Gasteiger partial charge on any atom is 0.0294 e. The number of benzene rings is 2. The lowest BCUT2D eigenvalue weighted by Gasteiger charge is -2.21. The summed E-state index contributed by atoms with van der Waals surface area (Å²) in [4.78, 5) is 5.01. The van der Waals surface area contributed by atoms with E-state index < -0.39 is 0 Å². The first-order valence-electron chi connectivity index (χ1n) is 9.74. The molecule has 0 aliphatic carbocycles. The lowest BCUT2D eigenvalue weighted by atomic mass is 10.1. The molecule has 1 heterocycles. The van der Waals surface area contributed by atoms with E-state index in [1.54, 1.807) is 0 Å². The van der Waals surface area contributed by atoms with E-state index in [4.69, 9.17) is 0 Å². The first kappa shape index (κ1) is 19.1. The Bertz CT molecular complexity index is 663. The van der Waals surface area contributed by atoms with Gasteiger partial charge in [0.25, 0.3) is 0 Å². The van der Waals surface area contributed by atoms with Gasteiger partial charge in [0.1, 0.15) is 0 Å². The second-order valence-electron chi connectivity index (χ2n) is 7.59. The van der Waals surface area contributed by atoms with Gasteiger partial charge in [0.15, 0.2) is 0 Å². The summed E-state index contributed by atoms with van der Waals surface area (Å²) in [6.45, 7) is 12.9. The van der Waals surface area contributed by atoms with E-state index in [9.17, 15) is 0 Å². The fourth-order valence-electron chi connectivity index (χ4n) is 3.47. The Morgan fingerprint density at radius 3 is 2.35 bits per heavy atom. The first-order chi connectivity index (χ1) is 12.6. The largest absolute Gasteiger partial charge is 0.306 e. The van der Waals surface area contributed by atoms with Gasteiger partial charge in [0.05, 0.1) is 0 Å². The number of hydrogen-bond donors (Lipinski definition) is 1. The molecule has 0 spiro atoms. The molecule has 3 nitrogen and oxygen atoms in total. The molecule has 1 unspecified atom stereocenters. The van der Waals surface area contributed by atoms with E-state index in [2.05, 4.69) is 84.5 Å². The van der Waals surface area contributed by atoms with Crippen molar-refractivity contribution in [2.45, 2.75) is 32.5 Å². The van der Waals surface area contributed by atoms with Crippen molar-refractivity contribution in [1.82, 2.24) is 15.1 Å². The van der Waals surface area contributed by atoms with Gasteiger partial charge in [-0.05, 0) is 62.7 Å². The summed E-state index contributed by atoms with van der Waals surface area (Å²) >= 11 is 0. The molecule has 139 valence electrons. The van der Waals surface area contributed by atoms with Gasteiger partial charge in [-0.1, -0.05) is 48.5 Å². The van der Waals surface area contributed by atoms with Crippen molar-refractivity contribution < 1.29 is 0 Å². The van der Waals surface area contributed by atoms with Crippen molar-refractivity contribution in [2.75, 3.05) is 33.2 Å². The van der Waals surface area contributed by atoms with Gasteiger partial charge in [-0.3, -0.25) is 4.90 Å². The number of nitrogens with zero attached hydrogens (tertiary/aromatic N) is 2. The highest BCUT2D eigenvalue weighted by atomic mass is 15.2. The van der Waals surface area contributed by atoms with Gasteiger partial charge >= 0.3 is 0 Å². The Kier molecular flexibility index (Phi) is 6.84. The highest BCUT2D eigenvalue weighted by Crippen LogP contribution is 2.16. The highest BCUT2D eigenvalue weighted by molar-refractivity contribution is 5.26. The number of rotatable bonds is 6. The molecular weight excluding hydrogens is 318 g/mol. The molecule has 1 aliphatic rings. The minimum absolute atomic E-state index is 0.343. The van der Waals surface area contributed by atoms with Crippen molar-refractivity contribution >= 4 is 0 Å². The van der Waals surface area contributed by atoms with Crippen LogP contribution in [0.3, 0.4) is 0 Å². The van der Waals surface area contributed by atoms with Gasteiger partial charge in [-0.2, -0.15) is 0 Å². The lowest BCUT2D eigenvalue weighted by Crippen LogP contribution is -2.28. The quantitative estimate of drug-likeness (QED) is 0.853. The Morgan fingerprint density at radius 2 is 1.62 bits per heavy atom. The van der Waals surface area contributed by atoms with Crippen LogP contribution in [-0.4, -0.2) is 43.0 Å². The van der Waals surface area contributed by atoms with Crippen molar-refractivity contribution in [2.24, 2.45) is 0 Å². The van der Waals surface area contributed by atoms with E-state index in [0.29, 0.717) is 6.04 Å². The Hall–Kier alpha value is -1.68. The molecule has 3 heteroatoms. The molecule has 0 bridgehead atoms. The fourth-order valence-corrected chi connectivity index (χ4v) is 3.47. The van der Waals surface area contributed by atoms with Gasteiger partial charge in [0, 0.05) is 32.2 Å². The van der Waals surface area contributed by atoms with Gasteiger partial charge in [-0.25, -0.2) is 0 Å². The van der Waals surface area contributed by atoms with Crippen LogP contribution in [0.5, 0.6) is 0 Å². The van der Waals surface area contributed by atoms with Crippen LogP contribution < -0.4 is 5.32 Å².